The van der Waals surface area contributed by atoms with E-state index in [0.29, 0.717) is 12.5 Å². The molecule has 0 saturated carbocycles. The predicted molar refractivity (Wildman–Crippen MR) is 66.2 cm³/mol. The summed E-state index contributed by atoms with van der Waals surface area (Å²) in [5.41, 5.74) is 0.932. The lowest BCUT2D eigenvalue weighted by molar-refractivity contribution is -0.135. The first-order valence-electron chi connectivity index (χ1n) is 6.04. The molecule has 1 fully saturated rings. The number of nitrogens with one attached hydrogen (secondary N) is 1. The molecule has 92 valence electrons. The number of amides is 1. The highest BCUT2D eigenvalue weighted by atomic mass is 16.2. The minimum absolute atomic E-state index is 0.115. The molecule has 2 atom stereocenters. The van der Waals surface area contributed by atoms with Crippen LogP contribution in [0.2, 0.25) is 0 Å². The lowest BCUT2D eigenvalue weighted by atomic mass is 9.97. The van der Waals surface area contributed by atoms with Crippen molar-refractivity contribution in [1.82, 2.24) is 15.2 Å². The Morgan fingerprint density at radius 3 is 2.94 bits per heavy atom. The maximum absolute atomic E-state index is 12.2. The zero-order valence-corrected chi connectivity index (χ0v) is 10.4. The van der Waals surface area contributed by atoms with E-state index < -0.39 is 0 Å². The molecule has 1 N–H and O–H groups in total. The molecule has 2 rings (SSSR count). The zero-order valence-electron chi connectivity index (χ0n) is 10.4. The van der Waals surface area contributed by atoms with Crippen molar-refractivity contribution in [2.75, 3.05) is 20.1 Å². The molecule has 0 aliphatic carbocycles. The predicted octanol–water partition coefficient (Wildman–Crippen LogP) is 0.895. The van der Waals surface area contributed by atoms with Crippen LogP contribution in [0.1, 0.15) is 12.6 Å². The average molecular weight is 233 g/mol. The van der Waals surface area contributed by atoms with Crippen LogP contribution in [0.25, 0.3) is 0 Å². The van der Waals surface area contributed by atoms with Gasteiger partial charge in [0.15, 0.2) is 0 Å². The summed E-state index contributed by atoms with van der Waals surface area (Å²) < 4.78 is 0. The van der Waals surface area contributed by atoms with Crippen LogP contribution in [-0.2, 0) is 11.3 Å². The largest absolute Gasteiger partial charge is 0.340 e. The first-order valence-corrected chi connectivity index (χ1v) is 6.04. The quantitative estimate of drug-likeness (QED) is 0.843. The second kappa shape index (κ2) is 5.27. The summed E-state index contributed by atoms with van der Waals surface area (Å²) in [4.78, 5) is 18.2. The monoisotopic (exact) mass is 233 g/mol. The van der Waals surface area contributed by atoms with Gasteiger partial charge in [0.2, 0.25) is 5.91 Å². The normalized spacial score (nSPS) is 23.6. The van der Waals surface area contributed by atoms with Crippen LogP contribution in [0.5, 0.6) is 0 Å². The van der Waals surface area contributed by atoms with E-state index in [4.69, 9.17) is 0 Å². The van der Waals surface area contributed by atoms with E-state index in [9.17, 15) is 4.79 Å². The van der Waals surface area contributed by atoms with E-state index in [-0.39, 0.29) is 11.8 Å². The summed E-state index contributed by atoms with van der Waals surface area (Å²) in [5.74, 6) is 0.755. The number of carbonyl (C=O) groups is 1. The Labute approximate surface area is 102 Å². The number of hydrogen-bond acceptors (Lipinski definition) is 3. The van der Waals surface area contributed by atoms with Crippen molar-refractivity contribution >= 4 is 5.91 Å². The number of aromatic nitrogens is 1. The molecular formula is C13H19N3O. The number of hydrogen-bond donors (Lipinski definition) is 1. The molecule has 1 aliphatic rings. The Morgan fingerprint density at radius 2 is 2.35 bits per heavy atom. The van der Waals surface area contributed by atoms with Crippen molar-refractivity contribution in [2.24, 2.45) is 11.8 Å². The summed E-state index contributed by atoms with van der Waals surface area (Å²) in [6.07, 6.45) is 1.76. The average Bonchev–Trinajstić information content (AvgIpc) is 2.76. The molecule has 0 unspecified atom stereocenters. The van der Waals surface area contributed by atoms with E-state index in [1.165, 1.54) is 0 Å². The number of rotatable bonds is 3. The lowest BCUT2D eigenvalue weighted by Gasteiger charge is -2.22. The van der Waals surface area contributed by atoms with Gasteiger partial charge < -0.3 is 10.2 Å². The van der Waals surface area contributed by atoms with Crippen LogP contribution >= 0.6 is 0 Å². The van der Waals surface area contributed by atoms with E-state index in [2.05, 4.69) is 17.2 Å². The Kier molecular flexibility index (Phi) is 3.74. The van der Waals surface area contributed by atoms with Crippen molar-refractivity contribution < 1.29 is 4.79 Å². The van der Waals surface area contributed by atoms with Gasteiger partial charge >= 0.3 is 0 Å². The van der Waals surface area contributed by atoms with Crippen molar-refractivity contribution in [3.05, 3.63) is 30.1 Å². The smallest absolute Gasteiger partial charge is 0.227 e. The fourth-order valence-corrected chi connectivity index (χ4v) is 2.24. The highest BCUT2D eigenvalue weighted by molar-refractivity contribution is 5.79. The first-order chi connectivity index (χ1) is 8.18. The second-order valence-corrected chi connectivity index (χ2v) is 4.76. The van der Waals surface area contributed by atoms with Crippen LogP contribution in [0, 0.1) is 11.8 Å². The molecule has 4 nitrogen and oxygen atoms in total. The third kappa shape index (κ3) is 2.82. The fraction of sp³-hybridized carbons (Fsp3) is 0.538. The molecule has 1 aromatic heterocycles. The number of carbonyl (C=O) groups excluding carboxylic acids is 1. The topological polar surface area (TPSA) is 45.2 Å². The van der Waals surface area contributed by atoms with E-state index in [1.54, 1.807) is 11.1 Å². The van der Waals surface area contributed by atoms with Gasteiger partial charge in [0, 0.05) is 19.8 Å². The van der Waals surface area contributed by atoms with Crippen LogP contribution in [0.4, 0.5) is 0 Å². The van der Waals surface area contributed by atoms with E-state index >= 15 is 0 Å². The van der Waals surface area contributed by atoms with Gasteiger partial charge in [-0.1, -0.05) is 13.0 Å². The molecular weight excluding hydrogens is 214 g/mol. The van der Waals surface area contributed by atoms with Crippen molar-refractivity contribution in [3.8, 4) is 0 Å². The summed E-state index contributed by atoms with van der Waals surface area (Å²) in [6, 6.07) is 5.77. The Morgan fingerprint density at radius 1 is 1.53 bits per heavy atom. The minimum Gasteiger partial charge on any atom is -0.340 e. The van der Waals surface area contributed by atoms with Crippen LogP contribution in [0.15, 0.2) is 24.4 Å². The second-order valence-electron chi connectivity index (χ2n) is 4.76. The number of pyridine rings is 1. The van der Waals surface area contributed by atoms with Gasteiger partial charge in [-0.05, 0) is 24.6 Å². The maximum Gasteiger partial charge on any atom is 0.227 e. The molecule has 17 heavy (non-hydrogen) atoms. The third-order valence-electron chi connectivity index (χ3n) is 3.34. The number of nitrogens with zero attached hydrogens (tertiary/aromatic N) is 2. The summed E-state index contributed by atoms with van der Waals surface area (Å²) in [5, 5.41) is 3.26. The van der Waals surface area contributed by atoms with E-state index in [1.807, 2.05) is 25.2 Å². The summed E-state index contributed by atoms with van der Waals surface area (Å²) >= 11 is 0. The highest BCUT2D eigenvalue weighted by Gasteiger charge is 2.31. The van der Waals surface area contributed by atoms with Gasteiger partial charge in [-0.15, -0.1) is 0 Å². The molecule has 2 heterocycles. The Bertz CT molecular complexity index is 380. The molecule has 1 aliphatic heterocycles. The van der Waals surface area contributed by atoms with E-state index in [0.717, 1.165) is 18.8 Å². The highest BCUT2D eigenvalue weighted by Crippen LogP contribution is 2.18. The van der Waals surface area contributed by atoms with Crippen LogP contribution in [-0.4, -0.2) is 35.9 Å². The van der Waals surface area contributed by atoms with Gasteiger partial charge in [0.1, 0.15) is 0 Å². The van der Waals surface area contributed by atoms with Gasteiger partial charge in [-0.2, -0.15) is 0 Å². The molecule has 0 spiro atoms. The zero-order chi connectivity index (χ0) is 12.3. The SMILES string of the molecule is C[C@@H]1CNC[C@H]1C(=O)N(C)Cc1ccccn1. The van der Waals surface area contributed by atoms with Crippen molar-refractivity contribution in [1.29, 1.82) is 0 Å². The van der Waals surface area contributed by atoms with Gasteiger partial charge in [0.05, 0.1) is 18.2 Å². The molecule has 0 radical (unpaired) electrons. The Balaban J connectivity index is 1.96. The van der Waals surface area contributed by atoms with Crippen molar-refractivity contribution in [2.45, 2.75) is 13.5 Å². The molecule has 1 amide bonds. The Hall–Kier alpha value is -1.42. The summed E-state index contributed by atoms with van der Waals surface area (Å²) in [6.45, 7) is 4.44. The van der Waals surface area contributed by atoms with Crippen LogP contribution in [0.3, 0.4) is 0 Å². The van der Waals surface area contributed by atoms with Gasteiger partial charge in [0.25, 0.3) is 0 Å². The third-order valence-corrected chi connectivity index (χ3v) is 3.34. The van der Waals surface area contributed by atoms with Crippen molar-refractivity contribution in [3.63, 3.8) is 0 Å². The standard InChI is InChI=1S/C13H19N3O/c1-10-7-14-8-12(10)13(17)16(2)9-11-5-3-4-6-15-11/h3-6,10,12,14H,7-9H2,1-2H3/t10-,12-/m1/s1. The fourth-order valence-electron chi connectivity index (χ4n) is 2.24. The molecule has 1 aromatic rings. The maximum atomic E-state index is 12.2. The molecule has 0 aromatic carbocycles. The van der Waals surface area contributed by atoms with Gasteiger partial charge in [-0.25, -0.2) is 0 Å². The lowest BCUT2D eigenvalue weighted by Crippen LogP contribution is -2.35. The summed E-state index contributed by atoms with van der Waals surface area (Å²) in [7, 11) is 1.85. The first kappa shape index (κ1) is 12.0. The molecule has 1 saturated heterocycles. The molecule has 0 bridgehead atoms. The molecule has 4 heteroatoms. The minimum atomic E-state index is 0.115. The van der Waals surface area contributed by atoms with Gasteiger partial charge in [-0.3, -0.25) is 9.78 Å². The van der Waals surface area contributed by atoms with Crippen LogP contribution < -0.4 is 5.32 Å².